The minimum absolute atomic E-state index is 0.130. The van der Waals surface area contributed by atoms with E-state index in [2.05, 4.69) is 16.5 Å². The number of nitrogens with zero attached hydrogens (tertiary/aromatic N) is 2. The first-order valence-electron chi connectivity index (χ1n) is 7.19. The zero-order valence-corrected chi connectivity index (χ0v) is 14.4. The van der Waals surface area contributed by atoms with Crippen LogP contribution in [0.1, 0.15) is 27.9 Å². The topological polar surface area (TPSA) is 78.1 Å². The molecule has 0 aliphatic rings. The summed E-state index contributed by atoms with van der Waals surface area (Å²) in [6.45, 7) is 6.18. The molecule has 2 heterocycles. The van der Waals surface area contributed by atoms with E-state index in [0.717, 1.165) is 10.9 Å². The van der Waals surface area contributed by atoms with Crippen LogP contribution >= 0.6 is 22.9 Å². The Hall–Kier alpha value is -2.44. The van der Waals surface area contributed by atoms with Gasteiger partial charge < -0.3 is 10.5 Å². The minimum atomic E-state index is -0.387. The number of anilines is 1. The predicted molar refractivity (Wildman–Crippen MR) is 97.4 cm³/mol. The molecule has 0 amide bonds. The number of halogens is 1. The van der Waals surface area contributed by atoms with Crippen molar-refractivity contribution in [1.82, 2.24) is 9.97 Å². The molecule has 0 radical (unpaired) electrons. The number of carbonyl (C=O) groups excluding carboxylic acids is 1. The summed E-state index contributed by atoms with van der Waals surface area (Å²) >= 11 is 7.15. The van der Waals surface area contributed by atoms with Crippen molar-refractivity contribution in [3.8, 4) is 0 Å². The van der Waals surface area contributed by atoms with Crippen molar-refractivity contribution in [2.75, 3.05) is 12.3 Å². The average molecular weight is 360 g/mol. The first-order chi connectivity index (χ1) is 11.5. The van der Waals surface area contributed by atoms with Crippen LogP contribution in [0, 0.1) is 0 Å². The lowest BCUT2D eigenvalue weighted by molar-refractivity contribution is 0.0532. The van der Waals surface area contributed by atoms with E-state index in [-0.39, 0.29) is 11.9 Å². The molecule has 0 fully saturated rings. The van der Waals surface area contributed by atoms with E-state index in [1.54, 1.807) is 25.1 Å². The standard InChI is InChI=1S/C17H14ClN3O2S/c1-3-23-16(22)13-8-12-14(20-17(19)21-15(12)24-13)9(2)10-4-6-11(18)7-5-10/h4-8H,2-3H2,1H3,(H2,19,20,21). The van der Waals surface area contributed by atoms with Gasteiger partial charge in [0.15, 0.2) is 0 Å². The zero-order valence-electron chi connectivity index (χ0n) is 12.9. The Morgan fingerprint density at radius 3 is 2.71 bits per heavy atom. The molecule has 0 aliphatic heterocycles. The van der Waals surface area contributed by atoms with Crippen LogP contribution in [0.25, 0.3) is 15.8 Å². The number of esters is 1. The summed E-state index contributed by atoms with van der Waals surface area (Å²) in [7, 11) is 0. The maximum atomic E-state index is 12.0. The van der Waals surface area contributed by atoms with E-state index in [0.29, 0.717) is 32.6 Å². The van der Waals surface area contributed by atoms with Crippen molar-refractivity contribution in [2.45, 2.75) is 6.92 Å². The third-order valence-electron chi connectivity index (χ3n) is 3.37. The van der Waals surface area contributed by atoms with Gasteiger partial charge in [-0.25, -0.2) is 14.8 Å². The van der Waals surface area contributed by atoms with Crippen LogP contribution in [0.2, 0.25) is 5.02 Å². The Kier molecular flexibility index (Phi) is 4.51. The van der Waals surface area contributed by atoms with Crippen LogP contribution in [-0.2, 0) is 4.74 Å². The molecule has 0 unspecified atom stereocenters. The van der Waals surface area contributed by atoms with E-state index in [1.165, 1.54) is 11.3 Å². The van der Waals surface area contributed by atoms with Crippen LogP contribution in [0.5, 0.6) is 0 Å². The third-order valence-corrected chi connectivity index (χ3v) is 4.63. The number of nitrogens with two attached hydrogens (primary N) is 1. The van der Waals surface area contributed by atoms with Crippen LogP contribution < -0.4 is 5.73 Å². The number of carbonyl (C=O) groups is 1. The van der Waals surface area contributed by atoms with Crippen molar-refractivity contribution in [3.63, 3.8) is 0 Å². The van der Waals surface area contributed by atoms with Crippen LogP contribution in [0.3, 0.4) is 0 Å². The fourth-order valence-electron chi connectivity index (χ4n) is 2.26. The van der Waals surface area contributed by atoms with E-state index in [1.807, 2.05) is 12.1 Å². The van der Waals surface area contributed by atoms with E-state index in [9.17, 15) is 4.79 Å². The van der Waals surface area contributed by atoms with Gasteiger partial charge in [-0.2, -0.15) is 0 Å². The molecule has 0 saturated carbocycles. The molecule has 3 rings (SSSR count). The Bertz CT molecular complexity index is 935. The van der Waals surface area contributed by atoms with Gasteiger partial charge in [0.25, 0.3) is 0 Å². The number of fused-ring (bicyclic) bond motifs is 1. The number of benzene rings is 1. The van der Waals surface area contributed by atoms with Gasteiger partial charge in [0.2, 0.25) is 5.95 Å². The fraction of sp³-hybridized carbons (Fsp3) is 0.118. The quantitative estimate of drug-likeness (QED) is 0.707. The monoisotopic (exact) mass is 359 g/mol. The Morgan fingerprint density at radius 1 is 1.33 bits per heavy atom. The Morgan fingerprint density at radius 2 is 2.04 bits per heavy atom. The molecule has 0 aliphatic carbocycles. The van der Waals surface area contributed by atoms with Crippen LogP contribution in [-0.4, -0.2) is 22.5 Å². The molecule has 3 aromatic rings. The number of hydrogen-bond donors (Lipinski definition) is 1. The van der Waals surface area contributed by atoms with Crippen LogP contribution in [0.15, 0.2) is 36.9 Å². The first kappa shape index (κ1) is 16.4. The maximum Gasteiger partial charge on any atom is 0.348 e. The molecule has 0 saturated heterocycles. The summed E-state index contributed by atoms with van der Waals surface area (Å²) in [6.07, 6.45) is 0. The molecule has 1 aromatic carbocycles. The fourth-order valence-corrected chi connectivity index (χ4v) is 3.32. The molecule has 2 aromatic heterocycles. The van der Waals surface area contributed by atoms with Gasteiger partial charge in [-0.05, 0) is 30.7 Å². The second-order valence-electron chi connectivity index (χ2n) is 4.97. The highest BCUT2D eigenvalue weighted by atomic mass is 35.5. The van der Waals surface area contributed by atoms with Gasteiger partial charge in [-0.15, -0.1) is 11.3 Å². The smallest absolute Gasteiger partial charge is 0.348 e. The highest BCUT2D eigenvalue weighted by Crippen LogP contribution is 2.32. The number of rotatable bonds is 4. The second-order valence-corrected chi connectivity index (χ2v) is 6.43. The molecule has 24 heavy (non-hydrogen) atoms. The van der Waals surface area contributed by atoms with Gasteiger partial charge in [0.05, 0.1) is 12.3 Å². The SMILES string of the molecule is C=C(c1ccc(Cl)cc1)c1nc(N)nc2sc(C(=O)OCC)cc12. The molecule has 0 bridgehead atoms. The lowest BCUT2D eigenvalue weighted by Gasteiger charge is -2.07. The highest BCUT2D eigenvalue weighted by molar-refractivity contribution is 7.20. The highest BCUT2D eigenvalue weighted by Gasteiger charge is 2.18. The summed E-state index contributed by atoms with van der Waals surface area (Å²) in [4.78, 5) is 21.5. The molecular weight excluding hydrogens is 346 g/mol. The summed E-state index contributed by atoms with van der Waals surface area (Å²) in [5.41, 5.74) is 7.95. The molecule has 7 heteroatoms. The van der Waals surface area contributed by atoms with Gasteiger partial charge in [-0.3, -0.25) is 0 Å². The van der Waals surface area contributed by atoms with E-state index in [4.69, 9.17) is 22.1 Å². The van der Waals surface area contributed by atoms with Gasteiger partial charge >= 0.3 is 5.97 Å². The van der Waals surface area contributed by atoms with Gasteiger partial charge in [0.1, 0.15) is 9.71 Å². The van der Waals surface area contributed by atoms with Crippen molar-refractivity contribution in [2.24, 2.45) is 0 Å². The van der Waals surface area contributed by atoms with Crippen molar-refractivity contribution >= 4 is 50.6 Å². The number of ether oxygens (including phenoxy) is 1. The molecule has 5 nitrogen and oxygen atoms in total. The Labute approximate surface area is 147 Å². The number of nitrogen functional groups attached to an aromatic ring is 1. The van der Waals surface area contributed by atoms with Crippen molar-refractivity contribution in [3.05, 3.63) is 58.1 Å². The predicted octanol–water partition coefficient (Wildman–Crippen LogP) is 4.17. The molecule has 0 spiro atoms. The van der Waals surface area contributed by atoms with E-state index >= 15 is 0 Å². The van der Waals surface area contributed by atoms with Crippen molar-refractivity contribution in [1.29, 1.82) is 0 Å². The van der Waals surface area contributed by atoms with Crippen molar-refractivity contribution < 1.29 is 9.53 Å². The lowest BCUT2D eigenvalue weighted by Crippen LogP contribution is -2.01. The molecule has 122 valence electrons. The molecule has 2 N–H and O–H groups in total. The normalized spacial score (nSPS) is 10.8. The zero-order chi connectivity index (χ0) is 17.3. The minimum Gasteiger partial charge on any atom is -0.462 e. The number of thiophene rings is 1. The summed E-state index contributed by atoms with van der Waals surface area (Å²) in [5.74, 6) is -0.257. The summed E-state index contributed by atoms with van der Waals surface area (Å²) in [5, 5.41) is 1.36. The maximum absolute atomic E-state index is 12.0. The van der Waals surface area contributed by atoms with E-state index < -0.39 is 0 Å². The summed E-state index contributed by atoms with van der Waals surface area (Å²) in [6, 6.07) is 8.98. The van der Waals surface area contributed by atoms with Gasteiger partial charge in [0, 0.05) is 16.0 Å². The summed E-state index contributed by atoms with van der Waals surface area (Å²) < 4.78 is 5.04. The lowest BCUT2D eigenvalue weighted by atomic mass is 10.0. The largest absolute Gasteiger partial charge is 0.462 e. The Balaban J connectivity index is 2.11. The number of aromatic nitrogens is 2. The molecular formula is C17H14ClN3O2S. The number of hydrogen-bond acceptors (Lipinski definition) is 6. The second kappa shape index (κ2) is 6.59. The third kappa shape index (κ3) is 3.11. The average Bonchev–Trinajstić information content (AvgIpc) is 2.98. The van der Waals surface area contributed by atoms with Gasteiger partial charge in [-0.1, -0.05) is 30.3 Å². The van der Waals surface area contributed by atoms with Crippen LogP contribution in [0.4, 0.5) is 5.95 Å². The first-order valence-corrected chi connectivity index (χ1v) is 8.38. The molecule has 0 atom stereocenters.